The van der Waals surface area contributed by atoms with E-state index in [1.165, 1.54) is 0 Å². The summed E-state index contributed by atoms with van der Waals surface area (Å²) in [4.78, 5) is 4.53. The summed E-state index contributed by atoms with van der Waals surface area (Å²) in [6.45, 7) is 2.49. The highest BCUT2D eigenvalue weighted by atomic mass is 35.5. The number of hydrogen-bond donors (Lipinski definition) is 1. The Labute approximate surface area is 169 Å². The van der Waals surface area contributed by atoms with Crippen molar-refractivity contribution in [3.8, 4) is 11.4 Å². The molecular weight excluding hydrogens is 370 g/mol. The van der Waals surface area contributed by atoms with Crippen molar-refractivity contribution in [1.82, 2.24) is 15.5 Å². The molecule has 0 aliphatic rings. The summed E-state index contributed by atoms with van der Waals surface area (Å²) in [5.41, 5.74) is 4.33. The van der Waals surface area contributed by atoms with Gasteiger partial charge in [-0.05, 0) is 36.2 Å². The summed E-state index contributed by atoms with van der Waals surface area (Å²) in [6.07, 6.45) is 0. The van der Waals surface area contributed by atoms with Gasteiger partial charge >= 0.3 is 0 Å². The first-order valence-electron chi connectivity index (χ1n) is 9.12. The molecule has 0 aliphatic heterocycles. The van der Waals surface area contributed by atoms with Crippen LogP contribution in [0.4, 0.5) is 0 Å². The topological polar surface area (TPSA) is 51.0 Å². The lowest BCUT2D eigenvalue weighted by molar-refractivity contribution is 0.363. The maximum atomic E-state index is 6.21. The van der Waals surface area contributed by atoms with Gasteiger partial charge in [-0.25, -0.2) is 0 Å². The van der Waals surface area contributed by atoms with E-state index in [1.807, 2.05) is 67.6 Å². The van der Waals surface area contributed by atoms with Gasteiger partial charge in [-0.1, -0.05) is 83.0 Å². The largest absolute Gasteiger partial charge is 0.338 e. The number of aryl methyl sites for hydroxylation is 1. The number of hydrogen-bond acceptors (Lipinski definition) is 4. The molecule has 0 aliphatic carbocycles. The maximum absolute atomic E-state index is 6.21. The van der Waals surface area contributed by atoms with Crippen molar-refractivity contribution in [1.29, 1.82) is 0 Å². The highest BCUT2D eigenvalue weighted by Crippen LogP contribution is 2.25. The summed E-state index contributed by atoms with van der Waals surface area (Å²) in [7, 11) is 0. The molecule has 0 radical (unpaired) electrons. The smallest absolute Gasteiger partial charge is 0.240 e. The number of halogens is 1. The second-order valence-electron chi connectivity index (χ2n) is 6.66. The van der Waals surface area contributed by atoms with Crippen molar-refractivity contribution >= 4 is 11.6 Å². The molecule has 4 rings (SSSR count). The Kier molecular flexibility index (Phi) is 5.51. The molecule has 0 saturated carbocycles. The fraction of sp³-hybridized carbons (Fsp3) is 0.130. The van der Waals surface area contributed by atoms with Gasteiger partial charge in [0.2, 0.25) is 11.7 Å². The first kappa shape index (κ1) is 18.4. The van der Waals surface area contributed by atoms with Crippen LogP contribution in [0.1, 0.15) is 28.6 Å². The van der Waals surface area contributed by atoms with Crippen LogP contribution in [0.25, 0.3) is 11.4 Å². The van der Waals surface area contributed by atoms with Gasteiger partial charge in [0.15, 0.2) is 0 Å². The quantitative estimate of drug-likeness (QED) is 0.467. The Balaban J connectivity index is 1.55. The minimum Gasteiger partial charge on any atom is -0.338 e. The Morgan fingerprint density at radius 2 is 1.71 bits per heavy atom. The van der Waals surface area contributed by atoms with Crippen LogP contribution in [0, 0.1) is 6.92 Å². The summed E-state index contributed by atoms with van der Waals surface area (Å²) in [5, 5.41) is 8.34. The molecular formula is C23H20ClN3O. The van der Waals surface area contributed by atoms with Gasteiger partial charge in [0.25, 0.3) is 0 Å². The van der Waals surface area contributed by atoms with E-state index in [2.05, 4.69) is 33.7 Å². The fourth-order valence-electron chi connectivity index (χ4n) is 3.18. The van der Waals surface area contributed by atoms with E-state index in [-0.39, 0.29) is 6.04 Å². The molecule has 4 nitrogen and oxygen atoms in total. The highest BCUT2D eigenvalue weighted by molar-refractivity contribution is 6.30. The first-order chi connectivity index (χ1) is 13.7. The van der Waals surface area contributed by atoms with E-state index in [4.69, 9.17) is 16.1 Å². The molecule has 28 heavy (non-hydrogen) atoms. The SMILES string of the molecule is Cc1cccc(-c2noc(CNC(c3ccccc3)c3cccc(Cl)c3)n2)c1. The van der Waals surface area contributed by atoms with Crippen molar-refractivity contribution in [2.24, 2.45) is 0 Å². The molecule has 0 spiro atoms. The van der Waals surface area contributed by atoms with Gasteiger partial charge in [-0.3, -0.25) is 5.32 Å². The maximum Gasteiger partial charge on any atom is 0.240 e. The Hall–Kier alpha value is -2.95. The molecule has 5 heteroatoms. The molecule has 1 heterocycles. The van der Waals surface area contributed by atoms with Crippen molar-refractivity contribution in [3.63, 3.8) is 0 Å². The van der Waals surface area contributed by atoms with Crippen LogP contribution >= 0.6 is 11.6 Å². The van der Waals surface area contributed by atoms with E-state index in [9.17, 15) is 0 Å². The number of aromatic nitrogens is 2. The summed E-state index contributed by atoms with van der Waals surface area (Å²) < 4.78 is 5.46. The molecule has 3 aromatic carbocycles. The molecule has 0 bridgehead atoms. The molecule has 0 fully saturated rings. The lowest BCUT2D eigenvalue weighted by Gasteiger charge is -2.19. The van der Waals surface area contributed by atoms with Crippen molar-refractivity contribution in [2.45, 2.75) is 19.5 Å². The zero-order chi connectivity index (χ0) is 19.3. The van der Waals surface area contributed by atoms with E-state index in [1.54, 1.807) is 0 Å². The van der Waals surface area contributed by atoms with Crippen LogP contribution in [-0.2, 0) is 6.54 Å². The molecule has 0 saturated heterocycles. The second-order valence-corrected chi connectivity index (χ2v) is 7.10. The molecule has 4 aromatic rings. The molecule has 140 valence electrons. The average molecular weight is 390 g/mol. The third kappa shape index (κ3) is 4.30. The number of rotatable bonds is 6. The van der Waals surface area contributed by atoms with E-state index in [0.29, 0.717) is 23.3 Å². The van der Waals surface area contributed by atoms with Gasteiger partial charge in [-0.2, -0.15) is 4.98 Å². The number of nitrogens with one attached hydrogen (secondary N) is 1. The fourth-order valence-corrected chi connectivity index (χ4v) is 3.38. The number of nitrogens with zero attached hydrogens (tertiary/aromatic N) is 2. The standard InChI is InChI=1S/C23H20ClN3O/c1-16-7-5-11-19(13-16)23-26-21(28-27-23)15-25-22(17-8-3-2-4-9-17)18-10-6-12-20(24)14-18/h2-14,22,25H,15H2,1H3. The Bertz CT molecular complexity index is 1060. The van der Waals surface area contributed by atoms with Crippen LogP contribution in [0.3, 0.4) is 0 Å². The minimum atomic E-state index is -0.0331. The summed E-state index contributed by atoms with van der Waals surface area (Å²) in [5.74, 6) is 1.14. The lowest BCUT2D eigenvalue weighted by atomic mass is 9.99. The molecule has 1 atom stereocenters. The van der Waals surface area contributed by atoms with Crippen LogP contribution in [0.15, 0.2) is 83.4 Å². The number of benzene rings is 3. The molecule has 0 amide bonds. The Morgan fingerprint density at radius 1 is 0.929 bits per heavy atom. The van der Waals surface area contributed by atoms with Crippen LogP contribution in [0.5, 0.6) is 0 Å². The normalized spacial score (nSPS) is 12.1. The van der Waals surface area contributed by atoms with Gasteiger partial charge in [0.05, 0.1) is 12.6 Å². The van der Waals surface area contributed by atoms with Crippen LogP contribution in [0.2, 0.25) is 5.02 Å². The summed E-state index contributed by atoms with van der Waals surface area (Å²) >= 11 is 6.21. The summed E-state index contributed by atoms with van der Waals surface area (Å²) in [6, 6.07) is 26.1. The third-order valence-electron chi connectivity index (χ3n) is 4.52. The molecule has 1 N–H and O–H groups in total. The monoisotopic (exact) mass is 389 g/mol. The van der Waals surface area contributed by atoms with E-state index in [0.717, 1.165) is 22.3 Å². The van der Waals surface area contributed by atoms with Gasteiger partial charge < -0.3 is 4.52 Å². The van der Waals surface area contributed by atoms with Crippen molar-refractivity contribution < 1.29 is 4.52 Å². The van der Waals surface area contributed by atoms with Crippen molar-refractivity contribution in [3.05, 3.63) is 106 Å². The van der Waals surface area contributed by atoms with Gasteiger partial charge in [-0.15, -0.1) is 0 Å². The highest BCUT2D eigenvalue weighted by Gasteiger charge is 2.16. The molecule has 1 aromatic heterocycles. The Morgan fingerprint density at radius 3 is 2.50 bits per heavy atom. The molecule has 1 unspecified atom stereocenters. The zero-order valence-corrected chi connectivity index (χ0v) is 16.2. The predicted octanol–water partition coefficient (Wildman–Crippen LogP) is 5.58. The van der Waals surface area contributed by atoms with Gasteiger partial charge in [0, 0.05) is 10.6 Å². The zero-order valence-electron chi connectivity index (χ0n) is 15.5. The lowest BCUT2D eigenvalue weighted by Crippen LogP contribution is -2.22. The average Bonchev–Trinajstić information content (AvgIpc) is 3.18. The van der Waals surface area contributed by atoms with E-state index >= 15 is 0 Å². The van der Waals surface area contributed by atoms with Crippen LogP contribution < -0.4 is 5.32 Å². The minimum absolute atomic E-state index is 0.0331. The van der Waals surface area contributed by atoms with Gasteiger partial charge in [0.1, 0.15) is 0 Å². The van der Waals surface area contributed by atoms with E-state index < -0.39 is 0 Å². The predicted molar refractivity (Wildman–Crippen MR) is 111 cm³/mol. The first-order valence-corrected chi connectivity index (χ1v) is 9.50. The third-order valence-corrected chi connectivity index (χ3v) is 4.75. The second kappa shape index (κ2) is 8.38. The van der Waals surface area contributed by atoms with Crippen LogP contribution in [-0.4, -0.2) is 10.1 Å². The van der Waals surface area contributed by atoms with Crippen molar-refractivity contribution in [2.75, 3.05) is 0 Å².